The standard InChI is InChI=1S/C13H17NO5/c15-10-6-5-7-9(13(17)19-11(7)10)8(6)12(16)14-1-3-18-4-2-14/h6-11,15H,1-5H2/t6-,7-,8+,9+,10+,11-/m0/s1. The predicted molar refractivity (Wildman–Crippen MR) is 61.9 cm³/mol. The van der Waals surface area contributed by atoms with Crippen LogP contribution in [0.15, 0.2) is 0 Å². The minimum absolute atomic E-state index is 0.00264. The van der Waals surface area contributed by atoms with Gasteiger partial charge in [0.25, 0.3) is 0 Å². The van der Waals surface area contributed by atoms with Crippen molar-refractivity contribution in [2.75, 3.05) is 26.3 Å². The molecular formula is C13H17NO5. The molecule has 4 aliphatic rings. The summed E-state index contributed by atoms with van der Waals surface area (Å²) >= 11 is 0. The third kappa shape index (κ3) is 1.44. The Balaban J connectivity index is 1.61. The third-order valence-electron chi connectivity index (χ3n) is 5.18. The maximum atomic E-state index is 12.6. The molecular weight excluding hydrogens is 250 g/mol. The van der Waals surface area contributed by atoms with E-state index in [1.54, 1.807) is 4.90 Å². The molecule has 0 radical (unpaired) electrons. The highest BCUT2D eigenvalue weighted by Gasteiger charge is 2.68. The van der Waals surface area contributed by atoms with Crippen molar-refractivity contribution in [1.82, 2.24) is 4.90 Å². The Labute approximate surface area is 110 Å². The number of nitrogens with zero attached hydrogens (tertiary/aromatic N) is 1. The molecule has 19 heavy (non-hydrogen) atoms. The van der Waals surface area contributed by atoms with Gasteiger partial charge in [0.05, 0.1) is 31.2 Å². The van der Waals surface area contributed by atoms with Gasteiger partial charge in [-0.25, -0.2) is 0 Å². The van der Waals surface area contributed by atoms with Gasteiger partial charge in [-0.15, -0.1) is 0 Å². The first-order valence-electron chi connectivity index (χ1n) is 6.93. The lowest BCUT2D eigenvalue weighted by Crippen LogP contribution is -2.49. The van der Waals surface area contributed by atoms with E-state index in [0.29, 0.717) is 26.3 Å². The normalized spacial score (nSPS) is 47.6. The zero-order valence-corrected chi connectivity index (χ0v) is 10.5. The molecule has 2 heterocycles. The van der Waals surface area contributed by atoms with E-state index >= 15 is 0 Å². The van der Waals surface area contributed by atoms with Gasteiger partial charge < -0.3 is 19.5 Å². The Morgan fingerprint density at radius 1 is 1.26 bits per heavy atom. The van der Waals surface area contributed by atoms with Gasteiger partial charge in [0.2, 0.25) is 5.91 Å². The summed E-state index contributed by atoms with van der Waals surface area (Å²) in [6.45, 7) is 2.25. The molecule has 0 aromatic heterocycles. The molecule has 104 valence electrons. The number of carbonyl (C=O) groups is 2. The van der Waals surface area contributed by atoms with Crippen LogP contribution in [0.25, 0.3) is 0 Å². The number of rotatable bonds is 1. The number of aliphatic hydroxyl groups is 1. The number of esters is 1. The van der Waals surface area contributed by atoms with Crippen molar-refractivity contribution in [2.45, 2.75) is 18.6 Å². The van der Waals surface area contributed by atoms with Crippen LogP contribution in [0, 0.1) is 23.7 Å². The number of amides is 1. The molecule has 2 saturated heterocycles. The number of hydrogen-bond acceptors (Lipinski definition) is 5. The van der Waals surface area contributed by atoms with E-state index in [4.69, 9.17) is 9.47 Å². The molecule has 2 saturated carbocycles. The summed E-state index contributed by atoms with van der Waals surface area (Å²) < 4.78 is 10.5. The second kappa shape index (κ2) is 3.93. The maximum Gasteiger partial charge on any atom is 0.310 e. The Kier molecular flexibility index (Phi) is 2.41. The molecule has 1 amide bonds. The van der Waals surface area contributed by atoms with Crippen LogP contribution in [-0.4, -0.2) is 60.4 Å². The highest BCUT2D eigenvalue weighted by molar-refractivity contribution is 5.88. The summed E-state index contributed by atoms with van der Waals surface area (Å²) in [7, 11) is 0. The van der Waals surface area contributed by atoms with Gasteiger partial charge in [0, 0.05) is 24.9 Å². The topological polar surface area (TPSA) is 76.1 Å². The number of fused-ring (bicyclic) bond motifs is 1. The third-order valence-corrected chi connectivity index (χ3v) is 5.18. The van der Waals surface area contributed by atoms with Crippen molar-refractivity contribution in [3.63, 3.8) is 0 Å². The predicted octanol–water partition coefficient (Wildman–Crippen LogP) is -0.986. The number of morpholine rings is 1. The number of carbonyl (C=O) groups excluding carboxylic acids is 2. The number of aliphatic hydroxyl groups excluding tert-OH is 1. The molecule has 0 aromatic rings. The van der Waals surface area contributed by atoms with Crippen LogP contribution in [0.3, 0.4) is 0 Å². The van der Waals surface area contributed by atoms with Gasteiger partial charge in [-0.2, -0.15) is 0 Å². The van der Waals surface area contributed by atoms with Gasteiger partial charge >= 0.3 is 5.97 Å². The van der Waals surface area contributed by atoms with E-state index in [0.717, 1.165) is 6.42 Å². The summed E-state index contributed by atoms with van der Waals surface area (Å²) in [5.74, 6) is -1.07. The van der Waals surface area contributed by atoms with Crippen molar-refractivity contribution in [1.29, 1.82) is 0 Å². The number of hydrogen-bond donors (Lipinski definition) is 1. The average Bonchev–Trinajstić information content (AvgIpc) is 3.03. The van der Waals surface area contributed by atoms with Crippen LogP contribution in [0.1, 0.15) is 6.42 Å². The molecule has 0 aromatic carbocycles. The summed E-state index contributed by atoms with van der Waals surface area (Å²) in [5.41, 5.74) is 0. The van der Waals surface area contributed by atoms with Crippen LogP contribution in [0.4, 0.5) is 0 Å². The van der Waals surface area contributed by atoms with Crippen molar-refractivity contribution >= 4 is 11.9 Å². The van der Waals surface area contributed by atoms with E-state index in [-0.39, 0.29) is 41.7 Å². The SMILES string of the molecule is O=C1O[C@@H]2[C@H](O)[C@H]3C[C@H]2[C@@H]1[C@@H]3C(=O)N1CCOCC1. The summed E-state index contributed by atoms with van der Waals surface area (Å²) in [4.78, 5) is 26.3. The lowest BCUT2D eigenvalue weighted by atomic mass is 9.77. The van der Waals surface area contributed by atoms with Crippen molar-refractivity contribution in [3.8, 4) is 0 Å². The van der Waals surface area contributed by atoms with Crippen LogP contribution in [0.2, 0.25) is 0 Å². The van der Waals surface area contributed by atoms with Gasteiger partial charge in [-0.1, -0.05) is 0 Å². The maximum absolute atomic E-state index is 12.6. The van der Waals surface area contributed by atoms with Crippen LogP contribution in [0.5, 0.6) is 0 Å². The first kappa shape index (κ1) is 11.7. The molecule has 2 bridgehead atoms. The largest absolute Gasteiger partial charge is 0.459 e. The molecule has 0 spiro atoms. The zero-order valence-electron chi connectivity index (χ0n) is 10.5. The molecule has 6 atom stereocenters. The fraction of sp³-hybridized carbons (Fsp3) is 0.846. The highest BCUT2D eigenvalue weighted by atomic mass is 16.6. The van der Waals surface area contributed by atoms with E-state index in [1.165, 1.54) is 0 Å². The van der Waals surface area contributed by atoms with E-state index in [9.17, 15) is 14.7 Å². The van der Waals surface area contributed by atoms with Gasteiger partial charge in [-0.3, -0.25) is 9.59 Å². The van der Waals surface area contributed by atoms with Gasteiger partial charge in [0.15, 0.2) is 0 Å². The molecule has 4 fully saturated rings. The second-order valence-corrected chi connectivity index (χ2v) is 5.94. The lowest BCUT2D eigenvalue weighted by Gasteiger charge is -2.34. The Bertz CT molecular complexity index is 433. The van der Waals surface area contributed by atoms with Crippen LogP contribution >= 0.6 is 0 Å². The molecule has 1 N–H and O–H groups in total. The lowest BCUT2D eigenvalue weighted by molar-refractivity contribution is -0.149. The zero-order chi connectivity index (χ0) is 13.1. The van der Waals surface area contributed by atoms with E-state index < -0.39 is 6.10 Å². The Hall–Kier alpha value is -1.14. The van der Waals surface area contributed by atoms with Crippen molar-refractivity contribution in [2.24, 2.45) is 23.7 Å². The van der Waals surface area contributed by atoms with Crippen molar-refractivity contribution in [3.05, 3.63) is 0 Å². The minimum atomic E-state index is -0.664. The molecule has 0 unspecified atom stereocenters. The quantitative estimate of drug-likeness (QED) is 0.618. The van der Waals surface area contributed by atoms with Crippen LogP contribution in [-0.2, 0) is 19.1 Å². The van der Waals surface area contributed by atoms with Gasteiger partial charge in [-0.05, 0) is 6.42 Å². The van der Waals surface area contributed by atoms with E-state index in [2.05, 4.69) is 0 Å². The monoisotopic (exact) mass is 267 g/mol. The molecule has 4 rings (SSSR count). The van der Waals surface area contributed by atoms with Crippen molar-refractivity contribution < 1.29 is 24.2 Å². The fourth-order valence-corrected chi connectivity index (χ4v) is 4.35. The average molecular weight is 267 g/mol. The second-order valence-electron chi connectivity index (χ2n) is 5.94. The van der Waals surface area contributed by atoms with Crippen LogP contribution < -0.4 is 0 Å². The Morgan fingerprint density at radius 2 is 2.00 bits per heavy atom. The summed E-state index contributed by atoms with van der Waals surface area (Å²) in [5, 5.41) is 10.2. The molecule has 6 heteroatoms. The molecule has 2 aliphatic carbocycles. The smallest absolute Gasteiger partial charge is 0.310 e. The molecule has 2 aliphatic heterocycles. The summed E-state index contributed by atoms with van der Waals surface area (Å²) in [6, 6.07) is 0. The molecule has 6 nitrogen and oxygen atoms in total. The van der Waals surface area contributed by atoms with Gasteiger partial charge in [0.1, 0.15) is 6.10 Å². The Morgan fingerprint density at radius 3 is 2.74 bits per heavy atom. The summed E-state index contributed by atoms with van der Waals surface area (Å²) in [6.07, 6.45) is -0.290. The number of ether oxygens (including phenoxy) is 2. The minimum Gasteiger partial charge on any atom is -0.459 e. The fourth-order valence-electron chi connectivity index (χ4n) is 4.35. The highest BCUT2D eigenvalue weighted by Crippen LogP contribution is 2.58. The first-order chi connectivity index (χ1) is 9.18. The van der Waals surface area contributed by atoms with E-state index in [1.807, 2.05) is 0 Å². The first-order valence-corrected chi connectivity index (χ1v) is 6.93.